The Bertz CT molecular complexity index is 986. The quantitative estimate of drug-likeness (QED) is 0.542. The molecule has 0 aliphatic carbocycles. The van der Waals surface area contributed by atoms with Crippen LogP contribution >= 0.6 is 0 Å². The molecule has 0 radical (unpaired) electrons. The van der Waals surface area contributed by atoms with Crippen molar-refractivity contribution >= 4 is 11.9 Å². The molecule has 0 bridgehead atoms. The van der Waals surface area contributed by atoms with E-state index in [2.05, 4.69) is 5.48 Å². The molecular formula is C23H19NO4. The Morgan fingerprint density at radius 2 is 1.71 bits per heavy atom. The van der Waals surface area contributed by atoms with E-state index in [1.807, 2.05) is 60.7 Å². The van der Waals surface area contributed by atoms with Crippen LogP contribution in [-0.2, 0) is 22.6 Å². The number of carbonyl (C=O) groups excluding carboxylic acids is 2. The van der Waals surface area contributed by atoms with Crippen molar-refractivity contribution in [3.63, 3.8) is 0 Å². The highest BCUT2D eigenvalue weighted by molar-refractivity contribution is 5.97. The van der Waals surface area contributed by atoms with E-state index < -0.39 is 0 Å². The second kappa shape index (κ2) is 8.06. The van der Waals surface area contributed by atoms with Crippen LogP contribution in [0.2, 0.25) is 0 Å². The molecule has 0 fully saturated rings. The predicted molar refractivity (Wildman–Crippen MR) is 103 cm³/mol. The lowest BCUT2D eigenvalue weighted by atomic mass is 9.93. The maximum Gasteiger partial charge on any atom is 0.339 e. The van der Waals surface area contributed by atoms with Gasteiger partial charge in [0.25, 0.3) is 5.91 Å². The standard InChI is InChI=1S/C23H19NO4/c25-22(24-27-15-16-7-3-1-4-8-16)18-11-12-20-19(13-18)14-21(28-23(20)26)17-9-5-2-6-10-17/h1-13,21H,14-15H2,(H,24,25). The minimum atomic E-state index is -0.373. The maximum absolute atomic E-state index is 12.4. The molecule has 5 nitrogen and oxygen atoms in total. The maximum atomic E-state index is 12.4. The lowest BCUT2D eigenvalue weighted by molar-refractivity contribution is 0.0226. The number of nitrogens with one attached hydrogen (secondary N) is 1. The van der Waals surface area contributed by atoms with Crippen LogP contribution in [-0.4, -0.2) is 11.9 Å². The summed E-state index contributed by atoms with van der Waals surface area (Å²) in [5.41, 5.74) is 6.07. The fourth-order valence-corrected chi connectivity index (χ4v) is 3.21. The Kier molecular flexibility index (Phi) is 5.17. The Balaban J connectivity index is 1.45. The summed E-state index contributed by atoms with van der Waals surface area (Å²) < 4.78 is 5.55. The molecule has 1 aliphatic heterocycles. The van der Waals surface area contributed by atoms with E-state index in [-0.39, 0.29) is 24.6 Å². The van der Waals surface area contributed by atoms with Gasteiger partial charge in [-0.15, -0.1) is 0 Å². The monoisotopic (exact) mass is 373 g/mol. The van der Waals surface area contributed by atoms with E-state index in [1.165, 1.54) is 0 Å². The zero-order valence-electron chi connectivity index (χ0n) is 15.1. The van der Waals surface area contributed by atoms with Crippen molar-refractivity contribution in [3.8, 4) is 0 Å². The molecule has 3 aromatic carbocycles. The first-order valence-electron chi connectivity index (χ1n) is 9.05. The normalized spacial score (nSPS) is 15.4. The number of amides is 1. The molecule has 1 N–H and O–H groups in total. The van der Waals surface area contributed by atoms with E-state index in [0.29, 0.717) is 17.5 Å². The Hall–Kier alpha value is -3.44. The van der Waals surface area contributed by atoms with Gasteiger partial charge in [-0.2, -0.15) is 0 Å². The highest BCUT2D eigenvalue weighted by Crippen LogP contribution is 2.31. The number of hydroxylamine groups is 1. The molecule has 140 valence electrons. The lowest BCUT2D eigenvalue weighted by Crippen LogP contribution is -2.26. The van der Waals surface area contributed by atoms with Crippen LogP contribution in [0.25, 0.3) is 0 Å². The summed E-state index contributed by atoms with van der Waals surface area (Å²) in [6, 6.07) is 24.1. The van der Waals surface area contributed by atoms with Gasteiger partial charge in [0.15, 0.2) is 0 Å². The minimum Gasteiger partial charge on any atom is -0.454 e. The summed E-state index contributed by atoms with van der Waals surface area (Å²) in [6.07, 6.45) is 0.172. The van der Waals surface area contributed by atoms with Crippen molar-refractivity contribution < 1.29 is 19.2 Å². The van der Waals surface area contributed by atoms with Crippen molar-refractivity contribution in [1.82, 2.24) is 5.48 Å². The van der Waals surface area contributed by atoms with Crippen LogP contribution < -0.4 is 5.48 Å². The molecular weight excluding hydrogens is 354 g/mol. The number of esters is 1. The number of ether oxygens (including phenoxy) is 1. The second-order valence-corrected chi connectivity index (χ2v) is 6.59. The molecule has 4 rings (SSSR count). The number of cyclic esters (lactones) is 1. The van der Waals surface area contributed by atoms with Crippen molar-refractivity contribution in [2.45, 2.75) is 19.1 Å². The molecule has 1 atom stereocenters. The van der Waals surface area contributed by atoms with Crippen LogP contribution in [0, 0.1) is 0 Å². The highest BCUT2D eigenvalue weighted by Gasteiger charge is 2.28. The second-order valence-electron chi connectivity index (χ2n) is 6.59. The van der Waals surface area contributed by atoms with Gasteiger partial charge < -0.3 is 4.74 Å². The van der Waals surface area contributed by atoms with Gasteiger partial charge in [-0.1, -0.05) is 60.7 Å². The van der Waals surface area contributed by atoms with Gasteiger partial charge in [-0.05, 0) is 34.9 Å². The van der Waals surface area contributed by atoms with E-state index in [4.69, 9.17) is 9.57 Å². The molecule has 0 spiro atoms. The highest BCUT2D eigenvalue weighted by atomic mass is 16.6. The fourth-order valence-electron chi connectivity index (χ4n) is 3.21. The van der Waals surface area contributed by atoms with Crippen LogP contribution in [0.5, 0.6) is 0 Å². The zero-order chi connectivity index (χ0) is 19.3. The smallest absolute Gasteiger partial charge is 0.339 e. The molecule has 1 unspecified atom stereocenters. The molecule has 0 saturated heterocycles. The first-order chi connectivity index (χ1) is 13.7. The van der Waals surface area contributed by atoms with E-state index in [1.54, 1.807) is 18.2 Å². The van der Waals surface area contributed by atoms with Gasteiger partial charge >= 0.3 is 5.97 Å². The van der Waals surface area contributed by atoms with E-state index >= 15 is 0 Å². The third-order valence-electron chi connectivity index (χ3n) is 4.66. The van der Waals surface area contributed by atoms with Gasteiger partial charge in [-0.25, -0.2) is 10.3 Å². The van der Waals surface area contributed by atoms with E-state index in [0.717, 1.165) is 16.7 Å². The number of fused-ring (bicyclic) bond motifs is 1. The molecule has 5 heteroatoms. The topological polar surface area (TPSA) is 64.6 Å². The summed E-state index contributed by atoms with van der Waals surface area (Å²) in [4.78, 5) is 30.0. The summed E-state index contributed by atoms with van der Waals surface area (Å²) in [7, 11) is 0. The number of hydrogen-bond acceptors (Lipinski definition) is 4. The Morgan fingerprint density at radius 1 is 1.00 bits per heavy atom. The first-order valence-corrected chi connectivity index (χ1v) is 9.05. The molecule has 1 aliphatic rings. The molecule has 1 heterocycles. The third-order valence-corrected chi connectivity index (χ3v) is 4.66. The van der Waals surface area contributed by atoms with Crippen LogP contribution in [0.1, 0.15) is 43.5 Å². The zero-order valence-corrected chi connectivity index (χ0v) is 15.1. The minimum absolute atomic E-state index is 0.278. The van der Waals surface area contributed by atoms with Gasteiger partial charge in [0.1, 0.15) is 6.10 Å². The molecule has 0 aromatic heterocycles. The largest absolute Gasteiger partial charge is 0.454 e. The molecule has 0 saturated carbocycles. The average molecular weight is 373 g/mol. The SMILES string of the molecule is O=C(NOCc1ccccc1)c1ccc2c(c1)CC(c1ccccc1)OC2=O. The third kappa shape index (κ3) is 3.94. The average Bonchev–Trinajstić information content (AvgIpc) is 2.74. The van der Waals surface area contributed by atoms with Crippen molar-refractivity contribution in [2.75, 3.05) is 0 Å². The van der Waals surface area contributed by atoms with Crippen LogP contribution in [0.4, 0.5) is 0 Å². The predicted octanol–water partition coefficient (Wildman–Crippen LogP) is 4.00. The molecule has 1 amide bonds. The lowest BCUT2D eigenvalue weighted by Gasteiger charge is -2.25. The van der Waals surface area contributed by atoms with Gasteiger partial charge in [0, 0.05) is 12.0 Å². The summed E-state index contributed by atoms with van der Waals surface area (Å²) in [5.74, 6) is -0.726. The number of hydrogen-bond donors (Lipinski definition) is 1. The molecule has 28 heavy (non-hydrogen) atoms. The fraction of sp³-hybridized carbons (Fsp3) is 0.130. The van der Waals surface area contributed by atoms with Crippen molar-refractivity contribution in [2.24, 2.45) is 0 Å². The first kappa shape index (κ1) is 17.9. The van der Waals surface area contributed by atoms with Gasteiger partial charge in [0.2, 0.25) is 0 Å². The summed E-state index contributed by atoms with van der Waals surface area (Å²) in [6.45, 7) is 0.278. The Morgan fingerprint density at radius 3 is 2.46 bits per heavy atom. The summed E-state index contributed by atoms with van der Waals surface area (Å²) in [5, 5.41) is 0. The van der Waals surface area contributed by atoms with Gasteiger partial charge in [-0.3, -0.25) is 9.63 Å². The van der Waals surface area contributed by atoms with Crippen molar-refractivity contribution in [1.29, 1.82) is 0 Å². The Labute approximate surface area is 162 Å². The van der Waals surface area contributed by atoms with E-state index in [9.17, 15) is 9.59 Å². The number of carbonyl (C=O) groups is 2. The molecule has 3 aromatic rings. The number of rotatable bonds is 5. The van der Waals surface area contributed by atoms with Crippen LogP contribution in [0.15, 0.2) is 78.9 Å². The van der Waals surface area contributed by atoms with Crippen molar-refractivity contribution in [3.05, 3.63) is 107 Å². The number of benzene rings is 3. The van der Waals surface area contributed by atoms with Crippen LogP contribution in [0.3, 0.4) is 0 Å². The van der Waals surface area contributed by atoms with Gasteiger partial charge in [0.05, 0.1) is 12.2 Å². The summed E-state index contributed by atoms with van der Waals surface area (Å²) >= 11 is 0.